The molecule has 0 spiro atoms. The Bertz CT molecular complexity index is 750. The van der Waals surface area contributed by atoms with Gasteiger partial charge in [0.05, 0.1) is 5.52 Å². The molecule has 2 aromatic carbocycles. The van der Waals surface area contributed by atoms with Gasteiger partial charge in [-0.1, -0.05) is 42.5 Å². The number of aromatic nitrogens is 1. The summed E-state index contributed by atoms with van der Waals surface area (Å²) in [7, 11) is 0. The zero-order valence-electron chi connectivity index (χ0n) is 10.6. The van der Waals surface area contributed by atoms with Gasteiger partial charge in [0.15, 0.2) is 0 Å². The lowest BCUT2D eigenvalue weighted by atomic mass is 10.2. The molecule has 20 heavy (non-hydrogen) atoms. The van der Waals surface area contributed by atoms with Gasteiger partial charge in [-0.25, -0.2) is 4.79 Å². The van der Waals surface area contributed by atoms with E-state index < -0.39 is 0 Å². The van der Waals surface area contributed by atoms with E-state index in [4.69, 9.17) is 4.74 Å². The van der Waals surface area contributed by atoms with Crippen molar-refractivity contribution in [3.8, 4) is 0 Å². The number of para-hydroxylation sites is 1. The molecule has 0 unspecified atom stereocenters. The zero-order valence-corrected chi connectivity index (χ0v) is 12.8. The van der Waals surface area contributed by atoms with Crippen molar-refractivity contribution in [2.45, 2.75) is 6.61 Å². The minimum atomic E-state index is -0.354. The Hall–Kier alpha value is -1.82. The van der Waals surface area contributed by atoms with Gasteiger partial charge in [-0.15, -0.1) is 0 Å². The second-order valence-electron chi connectivity index (χ2n) is 4.40. The number of fused-ring (bicyclic) bond motifs is 1. The quantitative estimate of drug-likeness (QED) is 0.619. The van der Waals surface area contributed by atoms with Crippen molar-refractivity contribution < 1.29 is 9.53 Å². The number of ether oxygens (including phenoxy) is 1. The van der Waals surface area contributed by atoms with E-state index in [1.54, 1.807) is 10.8 Å². The van der Waals surface area contributed by atoms with Gasteiger partial charge in [0.25, 0.3) is 0 Å². The molecule has 3 aromatic rings. The molecule has 0 amide bonds. The van der Waals surface area contributed by atoms with E-state index in [9.17, 15) is 4.79 Å². The highest BCUT2D eigenvalue weighted by Gasteiger charge is 2.12. The first-order valence-electron chi connectivity index (χ1n) is 6.22. The van der Waals surface area contributed by atoms with Crippen LogP contribution in [0.15, 0.2) is 60.8 Å². The van der Waals surface area contributed by atoms with E-state index in [0.717, 1.165) is 20.0 Å². The van der Waals surface area contributed by atoms with Crippen LogP contribution in [0.25, 0.3) is 10.9 Å². The van der Waals surface area contributed by atoms with Gasteiger partial charge < -0.3 is 4.74 Å². The summed E-state index contributed by atoms with van der Waals surface area (Å²) in [5.41, 5.74) is 1.87. The summed E-state index contributed by atoms with van der Waals surface area (Å²) in [6, 6.07) is 17.5. The number of rotatable bonds is 2. The number of benzene rings is 2. The molecule has 3 rings (SSSR count). The molecule has 1 heterocycles. The summed E-state index contributed by atoms with van der Waals surface area (Å²) in [6.45, 7) is 0.281. The molecule has 4 heteroatoms. The van der Waals surface area contributed by atoms with Gasteiger partial charge in [0.1, 0.15) is 6.61 Å². The second-order valence-corrected chi connectivity index (χ2v) is 5.57. The second kappa shape index (κ2) is 5.66. The standard InChI is InChI=1S/C16H12INO2/c17-14-8-4-7-13-9-10-18(15(13)14)16(19)20-11-12-5-2-1-3-6-12/h1-10H,11H2. The maximum Gasteiger partial charge on any atom is 0.418 e. The molecule has 0 radical (unpaired) electrons. The molecule has 0 aliphatic heterocycles. The Balaban J connectivity index is 1.83. The normalized spacial score (nSPS) is 10.7. The summed E-state index contributed by atoms with van der Waals surface area (Å²) in [5.74, 6) is 0. The minimum Gasteiger partial charge on any atom is -0.444 e. The number of halogens is 1. The first kappa shape index (κ1) is 13.2. The van der Waals surface area contributed by atoms with E-state index in [0.29, 0.717) is 0 Å². The van der Waals surface area contributed by atoms with Gasteiger partial charge in [0.2, 0.25) is 0 Å². The summed E-state index contributed by atoms with van der Waals surface area (Å²) in [6.07, 6.45) is 1.40. The zero-order chi connectivity index (χ0) is 13.9. The van der Waals surface area contributed by atoms with Crippen molar-refractivity contribution in [2.24, 2.45) is 0 Å². The molecular formula is C16H12INO2. The van der Waals surface area contributed by atoms with E-state index in [2.05, 4.69) is 22.6 Å². The number of carbonyl (C=O) groups is 1. The fraction of sp³-hybridized carbons (Fsp3) is 0.0625. The number of nitrogens with zero attached hydrogens (tertiary/aromatic N) is 1. The summed E-state index contributed by atoms with van der Waals surface area (Å²) in [5, 5.41) is 1.04. The Morgan fingerprint density at radius 2 is 1.85 bits per heavy atom. The highest BCUT2D eigenvalue weighted by Crippen LogP contribution is 2.22. The average Bonchev–Trinajstić information content (AvgIpc) is 2.91. The maximum atomic E-state index is 12.2. The van der Waals surface area contributed by atoms with Crippen molar-refractivity contribution in [1.82, 2.24) is 4.57 Å². The van der Waals surface area contributed by atoms with Crippen molar-refractivity contribution >= 4 is 39.6 Å². The molecule has 0 atom stereocenters. The van der Waals surface area contributed by atoms with Gasteiger partial charge in [-0.05, 0) is 40.3 Å². The van der Waals surface area contributed by atoms with Crippen LogP contribution in [-0.2, 0) is 11.3 Å². The Labute approximate surface area is 130 Å². The fourth-order valence-corrected chi connectivity index (χ4v) is 2.87. The van der Waals surface area contributed by atoms with Gasteiger partial charge in [-0.2, -0.15) is 0 Å². The van der Waals surface area contributed by atoms with Crippen LogP contribution in [0.5, 0.6) is 0 Å². The van der Waals surface area contributed by atoms with E-state index in [1.165, 1.54) is 0 Å². The van der Waals surface area contributed by atoms with Crippen molar-refractivity contribution in [3.63, 3.8) is 0 Å². The van der Waals surface area contributed by atoms with Crippen LogP contribution in [0.2, 0.25) is 0 Å². The van der Waals surface area contributed by atoms with E-state index in [-0.39, 0.29) is 12.7 Å². The molecule has 0 aliphatic rings. The van der Waals surface area contributed by atoms with Crippen LogP contribution in [0, 0.1) is 3.57 Å². The molecule has 0 saturated carbocycles. The topological polar surface area (TPSA) is 31.2 Å². The molecule has 1 aromatic heterocycles. The average molecular weight is 377 g/mol. The highest BCUT2D eigenvalue weighted by molar-refractivity contribution is 14.1. The minimum absolute atomic E-state index is 0.281. The maximum absolute atomic E-state index is 12.2. The van der Waals surface area contributed by atoms with Crippen LogP contribution >= 0.6 is 22.6 Å². The van der Waals surface area contributed by atoms with Gasteiger partial charge >= 0.3 is 6.09 Å². The molecular weight excluding hydrogens is 365 g/mol. The molecule has 0 saturated heterocycles. The third-order valence-electron chi connectivity index (χ3n) is 3.06. The van der Waals surface area contributed by atoms with Crippen molar-refractivity contribution in [1.29, 1.82) is 0 Å². The number of carbonyl (C=O) groups excluding carboxylic acids is 1. The van der Waals surface area contributed by atoms with Gasteiger partial charge in [0, 0.05) is 15.2 Å². The summed E-state index contributed by atoms with van der Waals surface area (Å²) in [4.78, 5) is 12.2. The lowest BCUT2D eigenvalue weighted by molar-refractivity contribution is 0.142. The van der Waals surface area contributed by atoms with Crippen LogP contribution < -0.4 is 0 Å². The molecule has 0 N–H and O–H groups in total. The lowest BCUT2D eigenvalue weighted by Crippen LogP contribution is -2.12. The van der Waals surface area contributed by atoms with Crippen LogP contribution in [-0.4, -0.2) is 10.7 Å². The smallest absolute Gasteiger partial charge is 0.418 e. The van der Waals surface area contributed by atoms with E-state index in [1.807, 2.05) is 54.6 Å². The third-order valence-corrected chi connectivity index (χ3v) is 3.93. The highest BCUT2D eigenvalue weighted by atomic mass is 127. The third kappa shape index (κ3) is 2.56. The van der Waals surface area contributed by atoms with Crippen LogP contribution in [0.1, 0.15) is 5.56 Å². The molecule has 0 fully saturated rings. The summed E-state index contributed by atoms with van der Waals surface area (Å²) >= 11 is 2.23. The molecule has 0 bridgehead atoms. The molecule has 100 valence electrons. The predicted molar refractivity (Wildman–Crippen MR) is 86.7 cm³/mol. The van der Waals surface area contributed by atoms with Crippen LogP contribution in [0.3, 0.4) is 0 Å². The fourth-order valence-electron chi connectivity index (χ4n) is 2.09. The molecule has 3 nitrogen and oxygen atoms in total. The van der Waals surface area contributed by atoms with E-state index >= 15 is 0 Å². The largest absolute Gasteiger partial charge is 0.444 e. The first-order chi connectivity index (χ1) is 9.75. The molecule has 0 aliphatic carbocycles. The Morgan fingerprint density at radius 3 is 2.65 bits per heavy atom. The predicted octanol–water partition coefficient (Wildman–Crippen LogP) is 4.43. The van der Waals surface area contributed by atoms with Gasteiger partial charge in [-0.3, -0.25) is 4.57 Å². The Morgan fingerprint density at radius 1 is 1.05 bits per heavy atom. The number of hydrogen-bond donors (Lipinski definition) is 0. The van der Waals surface area contributed by atoms with Crippen LogP contribution in [0.4, 0.5) is 4.79 Å². The summed E-state index contributed by atoms with van der Waals surface area (Å²) < 4.78 is 7.94. The van der Waals surface area contributed by atoms with Crippen molar-refractivity contribution in [3.05, 3.63) is 69.9 Å². The Kier molecular flexibility index (Phi) is 3.73. The number of hydrogen-bond acceptors (Lipinski definition) is 2. The lowest BCUT2D eigenvalue weighted by Gasteiger charge is -2.07. The van der Waals surface area contributed by atoms with Crippen molar-refractivity contribution in [2.75, 3.05) is 0 Å². The monoisotopic (exact) mass is 377 g/mol. The SMILES string of the molecule is O=C(OCc1ccccc1)n1ccc2cccc(I)c21. The first-order valence-corrected chi connectivity index (χ1v) is 7.30.